The summed E-state index contributed by atoms with van der Waals surface area (Å²) < 4.78 is 5.74. The molecular formula is C30H30N4O2. The quantitative estimate of drug-likeness (QED) is 0.336. The highest BCUT2D eigenvalue weighted by Gasteiger charge is 2.32. The van der Waals surface area contributed by atoms with E-state index in [0.29, 0.717) is 12.6 Å². The molecule has 2 heterocycles. The predicted molar refractivity (Wildman–Crippen MR) is 142 cm³/mol. The summed E-state index contributed by atoms with van der Waals surface area (Å²) in [6, 6.07) is 24.7. The molecule has 6 heteroatoms. The van der Waals surface area contributed by atoms with Gasteiger partial charge in [0.1, 0.15) is 17.9 Å². The Morgan fingerprint density at radius 1 is 0.917 bits per heavy atom. The van der Waals surface area contributed by atoms with Gasteiger partial charge in [0.25, 0.3) is 5.91 Å². The summed E-state index contributed by atoms with van der Waals surface area (Å²) >= 11 is 0. The Morgan fingerprint density at radius 2 is 1.72 bits per heavy atom. The van der Waals surface area contributed by atoms with Crippen molar-refractivity contribution < 1.29 is 9.53 Å². The van der Waals surface area contributed by atoms with E-state index in [-0.39, 0.29) is 12.5 Å². The number of amides is 1. The maximum Gasteiger partial charge on any atom is 0.261 e. The number of hydrogen-bond acceptors (Lipinski definition) is 5. The third-order valence-corrected chi connectivity index (χ3v) is 7.05. The van der Waals surface area contributed by atoms with Gasteiger partial charge in [-0.05, 0) is 72.7 Å². The van der Waals surface area contributed by atoms with Gasteiger partial charge >= 0.3 is 0 Å². The lowest BCUT2D eigenvalue weighted by atomic mass is 10.0. The molecule has 0 N–H and O–H groups in total. The van der Waals surface area contributed by atoms with E-state index < -0.39 is 0 Å². The van der Waals surface area contributed by atoms with Crippen LogP contribution in [0, 0.1) is 0 Å². The Kier molecular flexibility index (Phi) is 6.24. The molecule has 0 bridgehead atoms. The number of para-hydroxylation sites is 1. The monoisotopic (exact) mass is 478 g/mol. The van der Waals surface area contributed by atoms with Crippen LogP contribution in [0.5, 0.6) is 5.75 Å². The van der Waals surface area contributed by atoms with E-state index in [0.717, 1.165) is 65.1 Å². The normalized spacial score (nSPS) is 15.3. The van der Waals surface area contributed by atoms with Crippen LogP contribution in [0.15, 0.2) is 79.1 Å². The summed E-state index contributed by atoms with van der Waals surface area (Å²) in [5.74, 6) is 1.78. The van der Waals surface area contributed by atoms with Crippen LogP contribution in [-0.4, -0.2) is 46.5 Å². The van der Waals surface area contributed by atoms with Gasteiger partial charge in [-0.1, -0.05) is 42.5 Å². The van der Waals surface area contributed by atoms with E-state index in [1.165, 1.54) is 12.8 Å². The predicted octanol–water partition coefficient (Wildman–Crippen LogP) is 5.47. The molecule has 3 aromatic carbocycles. The minimum absolute atomic E-state index is 0.0323. The Balaban J connectivity index is 1.22. The van der Waals surface area contributed by atoms with E-state index in [1.54, 1.807) is 6.33 Å². The van der Waals surface area contributed by atoms with Crippen molar-refractivity contribution in [2.75, 3.05) is 24.6 Å². The van der Waals surface area contributed by atoms with Crippen molar-refractivity contribution in [2.24, 2.45) is 0 Å². The van der Waals surface area contributed by atoms with Crippen LogP contribution in [0.4, 0.5) is 5.82 Å². The molecule has 1 amide bonds. The summed E-state index contributed by atoms with van der Waals surface area (Å²) in [4.78, 5) is 26.5. The Bertz CT molecular complexity index is 1360. The maximum atomic E-state index is 13.0. The number of anilines is 1. The van der Waals surface area contributed by atoms with Crippen molar-refractivity contribution in [1.29, 1.82) is 0 Å². The second kappa shape index (κ2) is 9.97. The average molecular weight is 479 g/mol. The van der Waals surface area contributed by atoms with Crippen LogP contribution in [0.25, 0.3) is 22.0 Å². The van der Waals surface area contributed by atoms with E-state index in [1.807, 2.05) is 35.2 Å². The molecule has 182 valence electrons. The number of benzene rings is 3. The molecule has 6 nitrogen and oxygen atoms in total. The minimum Gasteiger partial charge on any atom is -0.484 e. The second-order valence-corrected chi connectivity index (χ2v) is 9.68. The summed E-state index contributed by atoms with van der Waals surface area (Å²) in [7, 11) is 0. The Morgan fingerprint density at radius 3 is 2.53 bits per heavy atom. The lowest BCUT2D eigenvalue weighted by Gasteiger charge is -2.23. The second-order valence-electron chi connectivity index (χ2n) is 9.68. The molecule has 1 saturated carbocycles. The summed E-state index contributed by atoms with van der Waals surface area (Å²) in [6.07, 6.45) is 6.20. The van der Waals surface area contributed by atoms with Gasteiger partial charge in [-0.15, -0.1) is 0 Å². The van der Waals surface area contributed by atoms with E-state index in [2.05, 4.69) is 57.3 Å². The van der Waals surface area contributed by atoms with Crippen LogP contribution in [0.3, 0.4) is 0 Å². The summed E-state index contributed by atoms with van der Waals surface area (Å²) in [6.45, 7) is 2.74. The van der Waals surface area contributed by atoms with Gasteiger partial charge in [0.15, 0.2) is 6.61 Å². The number of ether oxygens (including phenoxy) is 1. The molecule has 1 aliphatic carbocycles. The van der Waals surface area contributed by atoms with Crippen molar-refractivity contribution in [1.82, 2.24) is 14.9 Å². The number of carbonyl (C=O) groups is 1. The van der Waals surface area contributed by atoms with Crippen LogP contribution < -0.4 is 9.64 Å². The topological polar surface area (TPSA) is 58.6 Å². The molecule has 4 aromatic rings. The molecule has 0 atom stereocenters. The third-order valence-electron chi connectivity index (χ3n) is 7.05. The maximum absolute atomic E-state index is 13.0. The van der Waals surface area contributed by atoms with Gasteiger partial charge in [0, 0.05) is 31.1 Å². The van der Waals surface area contributed by atoms with Gasteiger partial charge in [-0.2, -0.15) is 0 Å². The molecule has 1 aromatic heterocycles. The first-order valence-electron chi connectivity index (χ1n) is 12.8. The Hall–Kier alpha value is -3.93. The molecule has 2 fully saturated rings. The van der Waals surface area contributed by atoms with E-state index in [9.17, 15) is 4.79 Å². The number of carbonyl (C=O) groups excluding carboxylic acids is 1. The lowest BCUT2D eigenvalue weighted by Crippen LogP contribution is -2.36. The molecule has 6 rings (SSSR count). The highest BCUT2D eigenvalue weighted by molar-refractivity contribution is 5.93. The summed E-state index contributed by atoms with van der Waals surface area (Å²) in [5.41, 5.74) is 4.36. The van der Waals surface area contributed by atoms with Gasteiger partial charge < -0.3 is 14.5 Å². The first-order valence-corrected chi connectivity index (χ1v) is 12.8. The van der Waals surface area contributed by atoms with Crippen molar-refractivity contribution in [3.05, 3.63) is 84.7 Å². The van der Waals surface area contributed by atoms with Crippen LogP contribution >= 0.6 is 0 Å². The number of fused-ring (bicyclic) bond motifs is 1. The van der Waals surface area contributed by atoms with Crippen molar-refractivity contribution in [2.45, 2.75) is 38.3 Å². The smallest absolute Gasteiger partial charge is 0.261 e. The van der Waals surface area contributed by atoms with Crippen molar-refractivity contribution >= 4 is 22.6 Å². The highest BCUT2D eigenvalue weighted by Crippen LogP contribution is 2.32. The van der Waals surface area contributed by atoms with Crippen LogP contribution in [0.1, 0.15) is 31.2 Å². The summed E-state index contributed by atoms with van der Waals surface area (Å²) in [5, 5.41) is 1.09. The first-order chi connectivity index (χ1) is 17.7. The third kappa shape index (κ3) is 4.89. The highest BCUT2D eigenvalue weighted by atomic mass is 16.5. The number of rotatable bonds is 8. The van der Waals surface area contributed by atoms with Gasteiger partial charge in [0.05, 0.1) is 5.52 Å². The molecule has 0 radical (unpaired) electrons. The zero-order chi connectivity index (χ0) is 24.3. The first kappa shape index (κ1) is 22.5. The van der Waals surface area contributed by atoms with E-state index in [4.69, 9.17) is 4.74 Å². The SMILES string of the molecule is O=C(COc1ccccc1)N(Cc1cccc(-c2ccc3ncnc(N4CCCC4)c3c2)c1)C1CC1. The molecule has 36 heavy (non-hydrogen) atoms. The average Bonchev–Trinajstić information content (AvgIpc) is 3.63. The number of aromatic nitrogens is 2. The van der Waals surface area contributed by atoms with Gasteiger partial charge in [-0.25, -0.2) is 9.97 Å². The molecule has 0 spiro atoms. The van der Waals surface area contributed by atoms with Gasteiger partial charge in [-0.3, -0.25) is 4.79 Å². The Labute approximate surface area is 211 Å². The fourth-order valence-electron chi connectivity index (χ4n) is 5.00. The fourth-order valence-corrected chi connectivity index (χ4v) is 5.00. The van der Waals surface area contributed by atoms with Crippen molar-refractivity contribution in [3.63, 3.8) is 0 Å². The molecule has 0 unspecified atom stereocenters. The number of hydrogen-bond donors (Lipinski definition) is 0. The van der Waals surface area contributed by atoms with Crippen LogP contribution in [-0.2, 0) is 11.3 Å². The van der Waals surface area contributed by atoms with Crippen molar-refractivity contribution in [3.8, 4) is 16.9 Å². The molecular weight excluding hydrogens is 448 g/mol. The zero-order valence-corrected chi connectivity index (χ0v) is 20.3. The molecule has 2 aliphatic rings. The number of nitrogens with zero attached hydrogens (tertiary/aromatic N) is 4. The van der Waals surface area contributed by atoms with E-state index >= 15 is 0 Å². The minimum atomic E-state index is 0.0323. The molecule has 1 saturated heterocycles. The lowest BCUT2D eigenvalue weighted by molar-refractivity contribution is -0.134. The molecule has 1 aliphatic heterocycles. The standard InChI is InChI=1S/C30H30N4O2/c35-29(20-36-26-9-2-1-3-10-26)34(25-12-13-25)19-22-7-6-8-23(17-22)24-11-14-28-27(18-24)30(32-21-31-28)33-15-4-5-16-33/h1-3,6-11,14,17-18,21,25H,4-5,12-13,15-16,19-20H2. The fraction of sp³-hybridized carbons (Fsp3) is 0.300. The largest absolute Gasteiger partial charge is 0.484 e. The zero-order valence-electron chi connectivity index (χ0n) is 20.3. The van der Waals surface area contributed by atoms with Crippen LogP contribution in [0.2, 0.25) is 0 Å². The van der Waals surface area contributed by atoms with Gasteiger partial charge in [0.2, 0.25) is 0 Å².